The van der Waals surface area contributed by atoms with Crippen LogP contribution in [0.4, 0.5) is 18.9 Å². The zero-order valence-electron chi connectivity index (χ0n) is 18.8. The van der Waals surface area contributed by atoms with Gasteiger partial charge < -0.3 is 15.5 Å². The summed E-state index contributed by atoms with van der Waals surface area (Å²) in [5, 5.41) is 6.39. The van der Waals surface area contributed by atoms with Crippen molar-refractivity contribution in [2.45, 2.75) is 56.5 Å². The molecule has 0 aromatic heterocycles. The fourth-order valence-corrected chi connectivity index (χ4v) is 5.93. The van der Waals surface area contributed by atoms with E-state index in [2.05, 4.69) is 15.5 Å². The van der Waals surface area contributed by atoms with Crippen molar-refractivity contribution in [3.05, 3.63) is 65.0 Å². The van der Waals surface area contributed by atoms with Crippen molar-refractivity contribution in [2.75, 3.05) is 25.0 Å². The third kappa shape index (κ3) is 4.12. The smallest absolute Gasteiger partial charge is 0.221 e. The maximum atomic E-state index is 14.7. The predicted molar refractivity (Wildman–Crippen MR) is 121 cm³/mol. The van der Waals surface area contributed by atoms with Crippen molar-refractivity contribution >= 4 is 11.6 Å². The van der Waals surface area contributed by atoms with Gasteiger partial charge >= 0.3 is 0 Å². The van der Waals surface area contributed by atoms with Gasteiger partial charge in [-0.1, -0.05) is 19.1 Å². The number of fused-ring (bicyclic) bond motifs is 1. The number of hydrogen-bond donors (Lipinski definition) is 2. The molecule has 1 saturated carbocycles. The molecule has 0 spiro atoms. The molecule has 3 aliphatic rings. The Morgan fingerprint density at radius 2 is 1.79 bits per heavy atom. The minimum atomic E-state index is -0.619. The van der Waals surface area contributed by atoms with Crippen LogP contribution in [0.3, 0.4) is 0 Å². The number of carbonyl (C=O) groups excluding carboxylic acids is 1. The molecule has 2 aliphatic heterocycles. The molecule has 1 saturated heterocycles. The Kier molecular flexibility index (Phi) is 5.85. The van der Waals surface area contributed by atoms with Crippen molar-refractivity contribution in [3.63, 3.8) is 0 Å². The van der Waals surface area contributed by atoms with Crippen molar-refractivity contribution < 1.29 is 18.0 Å². The monoisotopic (exact) mass is 457 g/mol. The zero-order chi connectivity index (χ0) is 23.2. The molecule has 33 heavy (non-hydrogen) atoms. The van der Waals surface area contributed by atoms with E-state index in [1.165, 1.54) is 31.0 Å². The van der Waals surface area contributed by atoms with E-state index in [0.29, 0.717) is 17.7 Å². The SMILES string of the molecule is CC1([C@H]2C[C@H](NC(=O)CCN3CCCC3)C2)c2cc(F)cc(F)c2NC1c1ccc(F)cc1. The summed E-state index contributed by atoms with van der Waals surface area (Å²) in [6.45, 7) is 4.96. The van der Waals surface area contributed by atoms with Crippen LogP contribution in [0.2, 0.25) is 0 Å². The van der Waals surface area contributed by atoms with Gasteiger partial charge in [-0.3, -0.25) is 4.79 Å². The van der Waals surface area contributed by atoms with Gasteiger partial charge in [0.2, 0.25) is 5.91 Å². The van der Waals surface area contributed by atoms with Crippen molar-refractivity contribution in [3.8, 4) is 0 Å². The number of rotatable bonds is 6. The number of benzene rings is 2. The molecule has 0 bridgehead atoms. The Morgan fingerprint density at radius 1 is 1.09 bits per heavy atom. The highest BCUT2D eigenvalue weighted by Gasteiger charge is 2.54. The van der Waals surface area contributed by atoms with Crippen LogP contribution in [0.25, 0.3) is 0 Å². The van der Waals surface area contributed by atoms with Gasteiger partial charge in [0.15, 0.2) is 0 Å². The molecule has 2 unspecified atom stereocenters. The average Bonchev–Trinajstić information content (AvgIpc) is 3.37. The van der Waals surface area contributed by atoms with E-state index in [-0.39, 0.29) is 29.7 Å². The number of hydrogen-bond acceptors (Lipinski definition) is 3. The zero-order valence-corrected chi connectivity index (χ0v) is 18.8. The van der Waals surface area contributed by atoms with Crippen molar-refractivity contribution in [1.82, 2.24) is 10.2 Å². The van der Waals surface area contributed by atoms with E-state index in [1.54, 1.807) is 12.1 Å². The van der Waals surface area contributed by atoms with Crippen LogP contribution >= 0.6 is 0 Å². The first-order valence-corrected chi connectivity index (χ1v) is 11.9. The average molecular weight is 458 g/mol. The number of anilines is 1. The highest BCUT2D eigenvalue weighted by molar-refractivity contribution is 5.76. The second-order valence-electron chi connectivity index (χ2n) is 9.95. The second kappa shape index (κ2) is 8.67. The summed E-state index contributed by atoms with van der Waals surface area (Å²) in [7, 11) is 0. The second-order valence-corrected chi connectivity index (χ2v) is 9.95. The Hall–Kier alpha value is -2.54. The number of nitrogens with one attached hydrogen (secondary N) is 2. The van der Waals surface area contributed by atoms with Crippen LogP contribution in [0, 0.1) is 23.4 Å². The van der Waals surface area contributed by atoms with Crippen LogP contribution in [0.15, 0.2) is 36.4 Å². The molecule has 1 aliphatic carbocycles. The fraction of sp³-hybridized carbons (Fsp3) is 0.500. The molecule has 4 nitrogen and oxygen atoms in total. The van der Waals surface area contributed by atoms with Gasteiger partial charge in [-0.15, -0.1) is 0 Å². The van der Waals surface area contributed by atoms with Gasteiger partial charge in [-0.25, -0.2) is 13.2 Å². The maximum Gasteiger partial charge on any atom is 0.221 e. The van der Waals surface area contributed by atoms with Gasteiger partial charge in [0.05, 0.1) is 11.7 Å². The van der Waals surface area contributed by atoms with Crippen molar-refractivity contribution in [1.29, 1.82) is 0 Å². The maximum absolute atomic E-state index is 14.7. The highest BCUT2D eigenvalue weighted by Crippen LogP contribution is 2.58. The number of carbonyl (C=O) groups is 1. The van der Waals surface area contributed by atoms with Gasteiger partial charge in [-0.05, 0) is 74.0 Å². The summed E-state index contributed by atoms with van der Waals surface area (Å²) in [5.41, 5.74) is 1.16. The van der Waals surface area contributed by atoms with Crippen LogP contribution < -0.4 is 10.6 Å². The van der Waals surface area contributed by atoms with Crippen molar-refractivity contribution in [2.24, 2.45) is 5.92 Å². The van der Waals surface area contributed by atoms with E-state index in [4.69, 9.17) is 0 Å². The molecule has 2 aromatic rings. The molecule has 5 rings (SSSR count). The van der Waals surface area contributed by atoms with Gasteiger partial charge in [0.25, 0.3) is 0 Å². The summed E-state index contributed by atoms with van der Waals surface area (Å²) in [6, 6.07) is 8.22. The summed E-state index contributed by atoms with van der Waals surface area (Å²) < 4.78 is 42.4. The number of amides is 1. The standard InChI is InChI=1S/C26H30F3N3O/c1-26(17-12-20(13-17)30-23(33)8-11-32-9-2-3-10-32)21-14-19(28)15-22(29)24(21)31-25(26)16-4-6-18(27)7-5-16/h4-7,14-15,17,20,25,31H,2-3,8-13H2,1H3,(H,30,33)/t17-,20-,25?,26?. The quantitative estimate of drug-likeness (QED) is 0.648. The molecule has 2 aromatic carbocycles. The first-order chi connectivity index (χ1) is 15.8. The molecule has 2 fully saturated rings. The lowest BCUT2D eigenvalue weighted by atomic mass is 9.58. The normalized spacial score (nSPS) is 28.8. The molecule has 2 N–H and O–H groups in total. The van der Waals surface area contributed by atoms with E-state index >= 15 is 0 Å². The molecule has 0 radical (unpaired) electrons. The van der Waals surface area contributed by atoms with Gasteiger partial charge in [0.1, 0.15) is 17.5 Å². The third-order valence-electron chi connectivity index (χ3n) is 7.93. The lowest BCUT2D eigenvalue weighted by Gasteiger charge is -2.48. The first kappa shape index (κ1) is 22.3. The number of likely N-dealkylation sites (tertiary alicyclic amines) is 1. The molecule has 1 amide bonds. The van der Waals surface area contributed by atoms with Crippen LogP contribution in [0.1, 0.15) is 56.2 Å². The van der Waals surface area contributed by atoms with Gasteiger partial charge in [-0.2, -0.15) is 0 Å². The molecular formula is C26H30F3N3O. The molecular weight excluding hydrogens is 427 g/mol. The largest absolute Gasteiger partial charge is 0.375 e. The molecule has 2 atom stereocenters. The van der Waals surface area contributed by atoms with E-state index in [0.717, 1.165) is 44.1 Å². The van der Waals surface area contributed by atoms with E-state index in [9.17, 15) is 18.0 Å². The lowest BCUT2D eigenvalue weighted by molar-refractivity contribution is -0.123. The van der Waals surface area contributed by atoms with Crippen LogP contribution in [-0.4, -0.2) is 36.5 Å². The lowest BCUT2D eigenvalue weighted by Crippen LogP contribution is -2.52. The third-order valence-corrected chi connectivity index (χ3v) is 7.93. The molecule has 176 valence electrons. The van der Waals surface area contributed by atoms with Crippen LogP contribution in [-0.2, 0) is 10.2 Å². The minimum absolute atomic E-state index is 0.0626. The Balaban J connectivity index is 1.32. The van der Waals surface area contributed by atoms with Crippen LogP contribution in [0.5, 0.6) is 0 Å². The number of nitrogens with zero attached hydrogens (tertiary/aromatic N) is 1. The molecule has 2 heterocycles. The summed E-state index contributed by atoms with van der Waals surface area (Å²) in [5.74, 6) is -1.38. The Labute approximate surface area is 192 Å². The Bertz CT molecular complexity index is 1030. The highest BCUT2D eigenvalue weighted by atomic mass is 19.1. The minimum Gasteiger partial charge on any atom is -0.375 e. The summed E-state index contributed by atoms with van der Waals surface area (Å²) in [6.07, 6.45) is 4.39. The summed E-state index contributed by atoms with van der Waals surface area (Å²) in [4.78, 5) is 14.8. The summed E-state index contributed by atoms with van der Waals surface area (Å²) >= 11 is 0. The van der Waals surface area contributed by atoms with E-state index in [1.807, 2.05) is 6.92 Å². The topological polar surface area (TPSA) is 44.4 Å². The fourth-order valence-electron chi connectivity index (χ4n) is 5.93. The number of halogens is 3. The first-order valence-electron chi connectivity index (χ1n) is 11.9. The predicted octanol–water partition coefficient (Wildman–Crippen LogP) is 4.91. The van der Waals surface area contributed by atoms with E-state index < -0.39 is 17.0 Å². The van der Waals surface area contributed by atoms with Gasteiger partial charge in [0, 0.05) is 30.5 Å². The molecule has 7 heteroatoms. The Morgan fingerprint density at radius 3 is 2.48 bits per heavy atom.